The predicted octanol–water partition coefficient (Wildman–Crippen LogP) is 1.74. The molecule has 8 heteroatoms. The SMILES string of the molecule is Cc1ccc(NC(=O)N(CCCN2CCOCC2)C2CCS(=O)(=O)C2)cc1. The van der Waals surface area contributed by atoms with Crippen LogP contribution in [0.2, 0.25) is 0 Å². The van der Waals surface area contributed by atoms with E-state index >= 15 is 0 Å². The average Bonchev–Trinajstić information content (AvgIpc) is 3.01. The summed E-state index contributed by atoms with van der Waals surface area (Å²) in [5.74, 6) is 0.224. The number of hydrogen-bond acceptors (Lipinski definition) is 5. The van der Waals surface area contributed by atoms with Gasteiger partial charge >= 0.3 is 6.03 Å². The highest BCUT2D eigenvalue weighted by Gasteiger charge is 2.34. The number of anilines is 1. The number of nitrogens with one attached hydrogen (secondary N) is 1. The summed E-state index contributed by atoms with van der Waals surface area (Å²) in [6, 6.07) is 7.15. The van der Waals surface area contributed by atoms with Crippen molar-refractivity contribution >= 4 is 21.6 Å². The molecule has 2 amide bonds. The number of benzene rings is 1. The molecule has 0 radical (unpaired) electrons. The Hall–Kier alpha value is -1.64. The molecule has 2 fully saturated rings. The van der Waals surface area contributed by atoms with Crippen LogP contribution in [-0.4, -0.2) is 81.2 Å². The molecule has 1 atom stereocenters. The van der Waals surface area contributed by atoms with Crippen LogP contribution < -0.4 is 5.32 Å². The van der Waals surface area contributed by atoms with Crippen molar-refractivity contribution in [1.82, 2.24) is 9.80 Å². The van der Waals surface area contributed by atoms with Gasteiger partial charge in [-0.25, -0.2) is 13.2 Å². The number of amides is 2. The third-order valence-corrected chi connectivity index (χ3v) is 6.94. The topological polar surface area (TPSA) is 79.0 Å². The molecular formula is C19H29N3O4S. The fraction of sp³-hybridized carbons (Fsp3) is 0.632. The first kappa shape index (κ1) is 20.1. The van der Waals surface area contributed by atoms with Crippen molar-refractivity contribution in [2.45, 2.75) is 25.8 Å². The lowest BCUT2D eigenvalue weighted by Gasteiger charge is -2.31. The Morgan fingerprint density at radius 3 is 2.59 bits per heavy atom. The summed E-state index contributed by atoms with van der Waals surface area (Å²) < 4.78 is 29.2. The largest absolute Gasteiger partial charge is 0.379 e. The molecule has 2 heterocycles. The zero-order valence-electron chi connectivity index (χ0n) is 15.9. The standard InChI is InChI=1S/C19H29N3O4S/c1-16-3-5-17(6-4-16)20-19(23)22(18-7-14-27(24,25)15-18)9-2-8-21-10-12-26-13-11-21/h3-6,18H,2,7-15H2,1H3,(H,20,23). The van der Waals surface area contributed by atoms with E-state index in [9.17, 15) is 13.2 Å². The van der Waals surface area contributed by atoms with Crippen LogP contribution in [0.4, 0.5) is 10.5 Å². The molecular weight excluding hydrogens is 366 g/mol. The summed E-state index contributed by atoms with van der Waals surface area (Å²) in [5, 5.41) is 2.92. The summed E-state index contributed by atoms with van der Waals surface area (Å²) in [5.41, 5.74) is 1.85. The number of urea groups is 1. The van der Waals surface area contributed by atoms with Crippen molar-refractivity contribution in [3.8, 4) is 0 Å². The number of nitrogens with zero attached hydrogens (tertiary/aromatic N) is 2. The molecule has 0 saturated carbocycles. The van der Waals surface area contributed by atoms with E-state index in [0.29, 0.717) is 13.0 Å². The van der Waals surface area contributed by atoms with Gasteiger partial charge in [-0.3, -0.25) is 4.90 Å². The third-order valence-electron chi connectivity index (χ3n) is 5.19. The number of morpholine rings is 1. The van der Waals surface area contributed by atoms with E-state index in [-0.39, 0.29) is 23.6 Å². The molecule has 0 aliphatic carbocycles. The van der Waals surface area contributed by atoms with Crippen LogP contribution in [0.3, 0.4) is 0 Å². The normalized spacial score (nSPS) is 22.5. The fourth-order valence-electron chi connectivity index (χ4n) is 3.59. The van der Waals surface area contributed by atoms with E-state index in [0.717, 1.165) is 50.5 Å². The van der Waals surface area contributed by atoms with Gasteiger partial charge in [0.2, 0.25) is 0 Å². The number of ether oxygens (including phenoxy) is 1. The van der Waals surface area contributed by atoms with Gasteiger partial charge in [-0.2, -0.15) is 0 Å². The van der Waals surface area contributed by atoms with Crippen LogP contribution in [0.5, 0.6) is 0 Å². The lowest BCUT2D eigenvalue weighted by molar-refractivity contribution is 0.0362. The second-order valence-corrected chi connectivity index (χ2v) is 9.58. The summed E-state index contributed by atoms with van der Waals surface area (Å²) in [4.78, 5) is 16.9. The maximum absolute atomic E-state index is 12.9. The average molecular weight is 396 g/mol. The molecule has 2 aliphatic heterocycles. The molecule has 2 saturated heterocycles. The number of hydrogen-bond donors (Lipinski definition) is 1. The minimum atomic E-state index is -3.05. The lowest BCUT2D eigenvalue weighted by atomic mass is 10.2. The van der Waals surface area contributed by atoms with Gasteiger partial charge in [0.1, 0.15) is 0 Å². The summed E-state index contributed by atoms with van der Waals surface area (Å²) >= 11 is 0. The molecule has 1 N–H and O–H groups in total. The maximum Gasteiger partial charge on any atom is 0.322 e. The van der Waals surface area contributed by atoms with Crippen molar-refractivity contribution in [1.29, 1.82) is 0 Å². The Labute approximate surface area is 161 Å². The van der Waals surface area contributed by atoms with Gasteiger partial charge in [-0.15, -0.1) is 0 Å². The van der Waals surface area contributed by atoms with E-state index in [1.807, 2.05) is 31.2 Å². The van der Waals surface area contributed by atoms with Crippen molar-refractivity contribution in [3.05, 3.63) is 29.8 Å². The number of carbonyl (C=O) groups is 1. The molecule has 1 unspecified atom stereocenters. The number of sulfone groups is 1. The van der Waals surface area contributed by atoms with Gasteiger partial charge in [0.15, 0.2) is 9.84 Å². The zero-order chi connectivity index (χ0) is 19.3. The highest BCUT2D eigenvalue weighted by molar-refractivity contribution is 7.91. The number of carbonyl (C=O) groups excluding carboxylic acids is 1. The quantitative estimate of drug-likeness (QED) is 0.794. The number of rotatable bonds is 6. The first-order valence-electron chi connectivity index (χ1n) is 9.58. The van der Waals surface area contributed by atoms with Gasteiger partial charge < -0.3 is 15.0 Å². The predicted molar refractivity (Wildman–Crippen MR) is 106 cm³/mol. The first-order valence-corrected chi connectivity index (χ1v) is 11.4. The second kappa shape index (κ2) is 9.03. The Bertz CT molecular complexity index is 730. The molecule has 27 heavy (non-hydrogen) atoms. The van der Waals surface area contributed by atoms with Crippen molar-refractivity contribution < 1.29 is 17.9 Å². The van der Waals surface area contributed by atoms with E-state index < -0.39 is 9.84 Å². The van der Waals surface area contributed by atoms with Crippen molar-refractivity contribution in [2.75, 3.05) is 56.2 Å². The van der Waals surface area contributed by atoms with E-state index in [4.69, 9.17) is 4.74 Å². The molecule has 0 aromatic heterocycles. The Kier molecular flexibility index (Phi) is 6.73. The van der Waals surface area contributed by atoms with Crippen LogP contribution in [0.25, 0.3) is 0 Å². The van der Waals surface area contributed by atoms with Gasteiger partial charge in [-0.05, 0) is 31.9 Å². The monoisotopic (exact) mass is 395 g/mol. The Balaban J connectivity index is 1.61. The molecule has 1 aromatic carbocycles. The summed E-state index contributed by atoms with van der Waals surface area (Å²) in [7, 11) is -3.05. The maximum atomic E-state index is 12.9. The minimum absolute atomic E-state index is 0.0614. The molecule has 3 rings (SSSR count). The van der Waals surface area contributed by atoms with Gasteiger partial charge in [0.25, 0.3) is 0 Å². The van der Waals surface area contributed by atoms with Crippen LogP contribution in [0.15, 0.2) is 24.3 Å². The fourth-order valence-corrected chi connectivity index (χ4v) is 5.32. The van der Waals surface area contributed by atoms with E-state index in [2.05, 4.69) is 10.2 Å². The molecule has 1 aromatic rings. The van der Waals surface area contributed by atoms with Crippen LogP contribution in [-0.2, 0) is 14.6 Å². The molecule has 0 bridgehead atoms. The highest BCUT2D eigenvalue weighted by atomic mass is 32.2. The molecule has 7 nitrogen and oxygen atoms in total. The first-order chi connectivity index (χ1) is 12.9. The van der Waals surface area contributed by atoms with Crippen LogP contribution >= 0.6 is 0 Å². The second-order valence-electron chi connectivity index (χ2n) is 7.35. The summed E-state index contributed by atoms with van der Waals surface area (Å²) in [6.07, 6.45) is 1.33. The minimum Gasteiger partial charge on any atom is -0.379 e. The van der Waals surface area contributed by atoms with Crippen molar-refractivity contribution in [2.24, 2.45) is 0 Å². The Morgan fingerprint density at radius 1 is 1.26 bits per heavy atom. The van der Waals surface area contributed by atoms with E-state index in [1.54, 1.807) is 4.90 Å². The smallest absolute Gasteiger partial charge is 0.322 e. The zero-order valence-corrected chi connectivity index (χ0v) is 16.7. The highest BCUT2D eigenvalue weighted by Crippen LogP contribution is 2.20. The van der Waals surface area contributed by atoms with Crippen LogP contribution in [0.1, 0.15) is 18.4 Å². The van der Waals surface area contributed by atoms with E-state index in [1.165, 1.54) is 0 Å². The van der Waals surface area contributed by atoms with Gasteiger partial charge in [0.05, 0.1) is 24.7 Å². The summed E-state index contributed by atoms with van der Waals surface area (Å²) in [6.45, 7) is 6.75. The lowest BCUT2D eigenvalue weighted by Crippen LogP contribution is -2.45. The van der Waals surface area contributed by atoms with Gasteiger partial charge in [0, 0.05) is 37.9 Å². The molecule has 2 aliphatic rings. The van der Waals surface area contributed by atoms with Crippen LogP contribution in [0, 0.1) is 6.92 Å². The molecule has 0 spiro atoms. The molecule has 150 valence electrons. The van der Waals surface area contributed by atoms with Gasteiger partial charge in [-0.1, -0.05) is 17.7 Å². The van der Waals surface area contributed by atoms with Crippen molar-refractivity contribution in [3.63, 3.8) is 0 Å². The third kappa shape index (κ3) is 5.92. The number of aryl methyl sites for hydroxylation is 1. The Morgan fingerprint density at radius 2 is 1.96 bits per heavy atom.